The van der Waals surface area contributed by atoms with Crippen LogP contribution in [0.15, 0.2) is 48.8 Å². The molecule has 168 valence electrons. The molecule has 2 aromatic rings. The molecular formula is C27H38N2O2. The molecule has 0 saturated heterocycles. The Hall–Kier alpha value is -2.49. The van der Waals surface area contributed by atoms with Crippen LogP contribution in [0.4, 0.5) is 0 Å². The Morgan fingerprint density at radius 3 is 2.13 bits per heavy atom. The Balaban J connectivity index is 2.13. The zero-order valence-corrected chi connectivity index (χ0v) is 19.2. The summed E-state index contributed by atoms with van der Waals surface area (Å²) < 4.78 is 0. The summed E-state index contributed by atoms with van der Waals surface area (Å²) in [4.78, 5) is 20.9. The first-order valence-electron chi connectivity index (χ1n) is 12.0. The molecule has 0 aliphatic rings. The van der Waals surface area contributed by atoms with E-state index in [4.69, 9.17) is 0 Å². The summed E-state index contributed by atoms with van der Waals surface area (Å²) in [5, 5.41) is 9.88. The number of unbranched alkanes of at least 4 members (excludes halogenated alkanes) is 7. The largest absolute Gasteiger partial charge is 0.478 e. The highest BCUT2D eigenvalue weighted by atomic mass is 16.4. The van der Waals surface area contributed by atoms with Crippen molar-refractivity contribution >= 4 is 11.5 Å². The number of allylic oxidation sites excluding steroid dienone is 1. The quantitative estimate of drug-likeness (QED) is 0.243. The van der Waals surface area contributed by atoms with E-state index in [0.29, 0.717) is 5.82 Å². The number of hydrogen-bond acceptors (Lipinski definition) is 3. The highest BCUT2D eigenvalue weighted by Crippen LogP contribution is 2.27. The smallest absolute Gasteiger partial charge is 0.339 e. The molecule has 0 bridgehead atoms. The van der Waals surface area contributed by atoms with Crippen molar-refractivity contribution in [3.05, 3.63) is 65.8 Å². The maximum absolute atomic E-state index is 12.1. The topological polar surface area (TPSA) is 63.1 Å². The summed E-state index contributed by atoms with van der Waals surface area (Å²) in [6.45, 7) is 4.41. The van der Waals surface area contributed by atoms with Gasteiger partial charge in [-0.25, -0.2) is 14.8 Å². The Labute approximate surface area is 187 Å². The first kappa shape index (κ1) is 24.8. The molecule has 0 aliphatic heterocycles. The van der Waals surface area contributed by atoms with E-state index in [1.807, 2.05) is 24.3 Å². The lowest BCUT2D eigenvalue weighted by molar-refractivity contribution is -0.130. The van der Waals surface area contributed by atoms with Crippen molar-refractivity contribution in [2.75, 3.05) is 0 Å². The Bertz CT molecular complexity index is 785. The van der Waals surface area contributed by atoms with Gasteiger partial charge in [0.1, 0.15) is 5.57 Å². The van der Waals surface area contributed by atoms with E-state index in [1.54, 1.807) is 12.4 Å². The lowest BCUT2D eigenvalue weighted by Crippen LogP contribution is -2.07. The van der Waals surface area contributed by atoms with Crippen molar-refractivity contribution in [1.82, 2.24) is 9.97 Å². The Morgan fingerprint density at radius 1 is 0.903 bits per heavy atom. The minimum Gasteiger partial charge on any atom is -0.478 e. The van der Waals surface area contributed by atoms with Gasteiger partial charge < -0.3 is 5.11 Å². The molecule has 31 heavy (non-hydrogen) atoms. The molecule has 1 aromatic heterocycles. The molecule has 4 heteroatoms. The molecule has 0 saturated carbocycles. The van der Waals surface area contributed by atoms with Gasteiger partial charge in [0.25, 0.3) is 0 Å². The van der Waals surface area contributed by atoms with Crippen LogP contribution in [0.3, 0.4) is 0 Å². The molecular weight excluding hydrogens is 384 g/mol. The third-order valence-electron chi connectivity index (χ3n) is 5.71. The van der Waals surface area contributed by atoms with Crippen LogP contribution in [0.5, 0.6) is 0 Å². The highest BCUT2D eigenvalue weighted by Gasteiger charge is 2.18. The number of hydrogen-bond donors (Lipinski definition) is 1. The molecule has 1 N–H and O–H groups in total. The summed E-state index contributed by atoms with van der Waals surface area (Å²) in [6.07, 6.45) is 18.1. The second-order valence-corrected chi connectivity index (χ2v) is 8.33. The summed E-state index contributed by atoms with van der Waals surface area (Å²) >= 11 is 0. The van der Waals surface area contributed by atoms with Crippen molar-refractivity contribution in [3.8, 4) is 0 Å². The highest BCUT2D eigenvalue weighted by molar-refractivity contribution is 6.14. The molecule has 1 aromatic carbocycles. The molecule has 0 fully saturated rings. The van der Waals surface area contributed by atoms with Crippen molar-refractivity contribution in [3.63, 3.8) is 0 Å². The molecule has 1 atom stereocenters. The minimum absolute atomic E-state index is 0.0472. The number of nitrogens with zero attached hydrogens (tertiary/aromatic N) is 2. The summed E-state index contributed by atoms with van der Waals surface area (Å²) in [5.41, 5.74) is 2.41. The lowest BCUT2D eigenvalue weighted by Gasteiger charge is -2.15. The predicted molar refractivity (Wildman–Crippen MR) is 128 cm³/mol. The van der Waals surface area contributed by atoms with Gasteiger partial charge in [0.05, 0.1) is 0 Å². The molecule has 0 spiro atoms. The van der Waals surface area contributed by atoms with Gasteiger partial charge >= 0.3 is 5.97 Å². The zero-order chi connectivity index (χ0) is 22.3. The normalized spacial score (nSPS) is 12.6. The number of carbonyl (C=O) groups is 1. The number of aliphatic carboxylic acids is 1. The second-order valence-electron chi connectivity index (χ2n) is 8.33. The van der Waals surface area contributed by atoms with Gasteiger partial charge in [-0.1, -0.05) is 102 Å². The van der Waals surface area contributed by atoms with Crippen molar-refractivity contribution in [2.24, 2.45) is 0 Å². The third kappa shape index (κ3) is 9.04. The molecule has 2 rings (SSSR count). The average molecular weight is 423 g/mol. The number of benzene rings is 1. The fourth-order valence-electron chi connectivity index (χ4n) is 3.84. The first-order valence-corrected chi connectivity index (χ1v) is 12.0. The van der Waals surface area contributed by atoms with E-state index in [-0.39, 0.29) is 11.5 Å². The fraction of sp³-hybridized carbons (Fsp3) is 0.519. The van der Waals surface area contributed by atoms with Crippen LogP contribution in [0, 0.1) is 0 Å². The molecule has 1 unspecified atom stereocenters. The van der Waals surface area contributed by atoms with Gasteiger partial charge in [0, 0.05) is 18.3 Å². The summed E-state index contributed by atoms with van der Waals surface area (Å²) in [5.74, 6) is -0.621. The van der Waals surface area contributed by atoms with Crippen molar-refractivity contribution in [1.29, 1.82) is 0 Å². The SMILES string of the molecule is CCCCCCCc1cnc(/C(=C\C(CCCCCC)c2ccccc2)C(=O)O)nc1. The van der Waals surface area contributed by atoms with Crippen molar-refractivity contribution in [2.45, 2.75) is 90.4 Å². The second kappa shape index (κ2) is 14.5. The van der Waals surface area contributed by atoms with E-state index in [1.165, 1.54) is 44.9 Å². The van der Waals surface area contributed by atoms with Crippen LogP contribution in [0.2, 0.25) is 0 Å². The molecule has 0 amide bonds. The standard InChI is InChI=1S/C27H38N2O2/c1-3-5-7-9-11-15-22-20-28-26(29-21-22)25(27(30)31)19-24(18-12-8-6-4-2)23-16-13-10-14-17-23/h10,13-14,16-17,19-21,24H,3-9,11-12,15,18H2,1-2H3,(H,30,31)/b25-19+. The molecule has 0 aliphatic carbocycles. The van der Waals surface area contributed by atoms with Crippen LogP contribution in [0.25, 0.3) is 5.57 Å². The molecule has 0 radical (unpaired) electrons. The van der Waals surface area contributed by atoms with Crippen LogP contribution in [-0.2, 0) is 11.2 Å². The van der Waals surface area contributed by atoms with Gasteiger partial charge in [-0.15, -0.1) is 0 Å². The minimum atomic E-state index is -0.971. The van der Waals surface area contributed by atoms with Crippen LogP contribution in [0.1, 0.15) is 101 Å². The molecule has 1 heterocycles. The van der Waals surface area contributed by atoms with Gasteiger partial charge in [0.15, 0.2) is 5.82 Å². The third-order valence-corrected chi connectivity index (χ3v) is 5.71. The van der Waals surface area contributed by atoms with Gasteiger partial charge in [-0.3, -0.25) is 0 Å². The Morgan fingerprint density at radius 2 is 1.52 bits per heavy atom. The number of aryl methyl sites for hydroxylation is 1. The zero-order valence-electron chi connectivity index (χ0n) is 19.2. The lowest BCUT2D eigenvalue weighted by atomic mass is 9.91. The van der Waals surface area contributed by atoms with Gasteiger partial charge in [-0.05, 0) is 30.4 Å². The van der Waals surface area contributed by atoms with E-state index < -0.39 is 5.97 Å². The summed E-state index contributed by atoms with van der Waals surface area (Å²) in [6, 6.07) is 10.2. The van der Waals surface area contributed by atoms with E-state index in [2.05, 4.69) is 35.9 Å². The number of carboxylic acids is 1. The van der Waals surface area contributed by atoms with E-state index in [0.717, 1.165) is 36.8 Å². The van der Waals surface area contributed by atoms with Crippen molar-refractivity contribution < 1.29 is 9.90 Å². The number of aromatic nitrogens is 2. The van der Waals surface area contributed by atoms with Gasteiger partial charge in [-0.2, -0.15) is 0 Å². The summed E-state index contributed by atoms with van der Waals surface area (Å²) in [7, 11) is 0. The Kier molecular flexibility index (Phi) is 11.6. The number of rotatable bonds is 15. The van der Waals surface area contributed by atoms with Crippen LogP contribution >= 0.6 is 0 Å². The van der Waals surface area contributed by atoms with E-state index in [9.17, 15) is 9.90 Å². The van der Waals surface area contributed by atoms with E-state index >= 15 is 0 Å². The molecule has 4 nitrogen and oxygen atoms in total. The first-order chi connectivity index (χ1) is 15.2. The average Bonchev–Trinajstić information content (AvgIpc) is 2.79. The monoisotopic (exact) mass is 422 g/mol. The fourth-order valence-corrected chi connectivity index (χ4v) is 3.84. The number of carboxylic acid groups (broad SMARTS) is 1. The maximum atomic E-state index is 12.1. The van der Waals surface area contributed by atoms with Crippen LogP contribution in [-0.4, -0.2) is 21.0 Å². The van der Waals surface area contributed by atoms with Crippen LogP contribution < -0.4 is 0 Å². The predicted octanol–water partition coefficient (Wildman–Crippen LogP) is 7.21. The van der Waals surface area contributed by atoms with Gasteiger partial charge in [0.2, 0.25) is 0 Å². The maximum Gasteiger partial charge on any atom is 0.339 e.